The molecule has 0 radical (unpaired) electrons. The standard InChI is InChI=1S/C23H17N3O2S3/c1-2-12-25-22(28)15-11-13-29-21(15)24-23(25)30-14-20(27)26-16-7-3-5-9-18(16)31-19-10-6-4-8-17(19)26/h2-11,13H,1,12,14H2. The van der Waals surface area contributed by atoms with Gasteiger partial charge in [0.25, 0.3) is 5.56 Å². The molecule has 0 fully saturated rings. The first kappa shape index (κ1) is 20.1. The van der Waals surface area contributed by atoms with Crippen LogP contribution >= 0.6 is 34.9 Å². The highest BCUT2D eigenvalue weighted by molar-refractivity contribution is 8.00. The molecule has 0 unspecified atom stereocenters. The maximum Gasteiger partial charge on any atom is 0.263 e. The molecule has 0 atom stereocenters. The lowest BCUT2D eigenvalue weighted by Crippen LogP contribution is -2.30. The molecule has 0 bridgehead atoms. The Balaban J connectivity index is 1.49. The average Bonchev–Trinajstić information content (AvgIpc) is 3.27. The van der Waals surface area contributed by atoms with Gasteiger partial charge < -0.3 is 0 Å². The van der Waals surface area contributed by atoms with Crippen molar-refractivity contribution in [2.75, 3.05) is 10.7 Å². The number of anilines is 2. The van der Waals surface area contributed by atoms with Crippen molar-refractivity contribution < 1.29 is 4.79 Å². The number of hydrogen-bond donors (Lipinski definition) is 0. The van der Waals surface area contributed by atoms with Crippen LogP contribution in [0.4, 0.5) is 11.4 Å². The van der Waals surface area contributed by atoms with Crippen LogP contribution in [-0.2, 0) is 11.3 Å². The molecule has 0 saturated heterocycles. The zero-order chi connectivity index (χ0) is 21.4. The molecule has 5 rings (SSSR count). The summed E-state index contributed by atoms with van der Waals surface area (Å²) >= 11 is 4.37. The number of amides is 1. The maximum absolute atomic E-state index is 13.4. The van der Waals surface area contributed by atoms with Crippen molar-refractivity contribution in [2.45, 2.75) is 21.5 Å². The lowest BCUT2D eigenvalue weighted by molar-refractivity contribution is -0.115. The van der Waals surface area contributed by atoms with E-state index in [1.807, 2.05) is 53.9 Å². The van der Waals surface area contributed by atoms with Gasteiger partial charge in [-0.1, -0.05) is 53.9 Å². The number of hydrogen-bond acceptors (Lipinski definition) is 6. The number of para-hydroxylation sites is 2. The van der Waals surface area contributed by atoms with Crippen molar-refractivity contribution in [1.29, 1.82) is 0 Å². The Bertz CT molecular complexity index is 1330. The average molecular weight is 464 g/mol. The highest BCUT2D eigenvalue weighted by Gasteiger charge is 2.28. The monoisotopic (exact) mass is 463 g/mol. The second kappa shape index (κ2) is 8.37. The normalized spacial score (nSPS) is 12.5. The zero-order valence-corrected chi connectivity index (χ0v) is 18.8. The van der Waals surface area contributed by atoms with Crippen molar-refractivity contribution >= 4 is 62.4 Å². The lowest BCUT2D eigenvalue weighted by atomic mass is 10.2. The van der Waals surface area contributed by atoms with E-state index in [2.05, 4.69) is 11.6 Å². The number of thioether (sulfide) groups is 1. The van der Waals surface area contributed by atoms with Gasteiger partial charge in [0.1, 0.15) is 4.83 Å². The molecule has 0 N–H and O–H groups in total. The third-order valence-corrected chi connectivity index (χ3v) is 7.76. The van der Waals surface area contributed by atoms with E-state index < -0.39 is 0 Å². The fourth-order valence-corrected chi connectivity index (χ4v) is 6.22. The predicted molar refractivity (Wildman–Crippen MR) is 129 cm³/mol. The molecule has 1 aliphatic heterocycles. The van der Waals surface area contributed by atoms with E-state index in [-0.39, 0.29) is 17.2 Å². The van der Waals surface area contributed by atoms with E-state index in [0.29, 0.717) is 21.9 Å². The maximum atomic E-state index is 13.4. The highest BCUT2D eigenvalue weighted by atomic mass is 32.2. The molecule has 3 heterocycles. The van der Waals surface area contributed by atoms with Crippen LogP contribution in [0.25, 0.3) is 10.2 Å². The van der Waals surface area contributed by atoms with E-state index >= 15 is 0 Å². The van der Waals surface area contributed by atoms with Crippen molar-refractivity contribution in [1.82, 2.24) is 9.55 Å². The summed E-state index contributed by atoms with van der Waals surface area (Å²) in [5.41, 5.74) is 1.65. The third kappa shape index (κ3) is 3.60. The number of rotatable bonds is 5. The molecular formula is C23H17N3O2S3. The molecule has 0 saturated carbocycles. The number of benzene rings is 2. The van der Waals surface area contributed by atoms with Crippen LogP contribution in [0.1, 0.15) is 0 Å². The van der Waals surface area contributed by atoms with E-state index in [1.54, 1.807) is 33.4 Å². The van der Waals surface area contributed by atoms with Gasteiger partial charge in [-0.25, -0.2) is 4.98 Å². The molecule has 4 aromatic rings. The van der Waals surface area contributed by atoms with Crippen molar-refractivity contribution in [3.8, 4) is 0 Å². The molecule has 1 amide bonds. The van der Waals surface area contributed by atoms with Crippen molar-refractivity contribution in [2.24, 2.45) is 0 Å². The summed E-state index contributed by atoms with van der Waals surface area (Å²) in [4.78, 5) is 35.5. The molecule has 2 aromatic carbocycles. The topological polar surface area (TPSA) is 55.2 Å². The Labute approximate surface area is 191 Å². The minimum atomic E-state index is -0.105. The molecule has 1 aliphatic rings. The highest BCUT2D eigenvalue weighted by Crippen LogP contribution is 2.48. The largest absolute Gasteiger partial charge is 0.283 e. The van der Waals surface area contributed by atoms with E-state index in [0.717, 1.165) is 21.2 Å². The molecule has 8 heteroatoms. The quantitative estimate of drug-likeness (QED) is 0.220. The molecule has 154 valence electrons. The summed E-state index contributed by atoms with van der Waals surface area (Å²) in [6.07, 6.45) is 1.67. The second-order valence-electron chi connectivity index (χ2n) is 6.79. The lowest BCUT2D eigenvalue weighted by Gasteiger charge is -2.31. The summed E-state index contributed by atoms with van der Waals surface area (Å²) in [5, 5.41) is 2.98. The van der Waals surface area contributed by atoms with Gasteiger partial charge in [0.15, 0.2) is 5.16 Å². The summed E-state index contributed by atoms with van der Waals surface area (Å²) in [7, 11) is 0. The minimum absolute atomic E-state index is 0.0594. The zero-order valence-electron chi connectivity index (χ0n) is 16.4. The van der Waals surface area contributed by atoms with E-state index in [4.69, 9.17) is 0 Å². The van der Waals surface area contributed by atoms with Crippen molar-refractivity contribution in [3.63, 3.8) is 0 Å². The molecule has 31 heavy (non-hydrogen) atoms. The Kier molecular flexibility index (Phi) is 5.43. The van der Waals surface area contributed by atoms with Gasteiger partial charge in [0, 0.05) is 16.3 Å². The summed E-state index contributed by atoms with van der Waals surface area (Å²) in [6, 6.07) is 17.6. The Morgan fingerprint density at radius 3 is 2.42 bits per heavy atom. The van der Waals surface area contributed by atoms with Gasteiger partial charge in [0.05, 0.1) is 22.5 Å². The van der Waals surface area contributed by atoms with Gasteiger partial charge in [-0.05, 0) is 35.7 Å². The molecule has 2 aromatic heterocycles. The summed E-state index contributed by atoms with van der Waals surface area (Å²) in [5.74, 6) is 0.101. The van der Waals surface area contributed by atoms with Gasteiger partial charge in [0.2, 0.25) is 5.91 Å². The van der Waals surface area contributed by atoms with Crippen LogP contribution in [0.2, 0.25) is 0 Å². The number of thiophene rings is 1. The van der Waals surface area contributed by atoms with Crippen LogP contribution in [-0.4, -0.2) is 21.2 Å². The summed E-state index contributed by atoms with van der Waals surface area (Å²) < 4.78 is 1.58. The van der Waals surface area contributed by atoms with Crippen LogP contribution in [0.3, 0.4) is 0 Å². The number of nitrogens with zero attached hydrogens (tertiary/aromatic N) is 3. The Morgan fingerprint density at radius 1 is 1.06 bits per heavy atom. The Morgan fingerprint density at radius 2 is 1.74 bits per heavy atom. The molecular weight excluding hydrogens is 446 g/mol. The first-order chi connectivity index (χ1) is 15.2. The third-order valence-electron chi connectivity index (χ3n) is 4.87. The molecule has 5 nitrogen and oxygen atoms in total. The number of carbonyl (C=O) groups excluding carboxylic acids is 1. The fraction of sp³-hybridized carbons (Fsp3) is 0.0870. The molecule has 0 aliphatic carbocycles. The SMILES string of the molecule is C=CCn1c(SCC(=O)N2c3ccccc3Sc3ccccc32)nc2sccc2c1=O. The van der Waals surface area contributed by atoms with Crippen molar-refractivity contribution in [3.05, 3.63) is 83.0 Å². The fourth-order valence-electron chi connectivity index (χ4n) is 3.49. The minimum Gasteiger partial charge on any atom is -0.283 e. The number of fused-ring (bicyclic) bond motifs is 3. The van der Waals surface area contributed by atoms with Crippen LogP contribution in [0, 0.1) is 0 Å². The van der Waals surface area contributed by atoms with Gasteiger partial charge >= 0.3 is 0 Å². The van der Waals surface area contributed by atoms with Crippen LogP contribution in [0.5, 0.6) is 0 Å². The number of aromatic nitrogens is 2. The predicted octanol–water partition coefficient (Wildman–Crippen LogP) is 5.57. The van der Waals surface area contributed by atoms with Gasteiger partial charge in [-0.2, -0.15) is 0 Å². The summed E-state index contributed by atoms with van der Waals surface area (Å²) in [6.45, 7) is 4.10. The van der Waals surface area contributed by atoms with E-state index in [1.165, 1.54) is 23.1 Å². The Hall–Kier alpha value is -2.81. The van der Waals surface area contributed by atoms with Gasteiger partial charge in [-0.15, -0.1) is 17.9 Å². The molecule has 0 spiro atoms. The smallest absolute Gasteiger partial charge is 0.263 e. The van der Waals surface area contributed by atoms with Crippen LogP contribution < -0.4 is 10.5 Å². The number of allylic oxidation sites excluding steroid dienone is 1. The first-order valence-electron chi connectivity index (χ1n) is 9.58. The number of carbonyl (C=O) groups is 1. The first-order valence-corrected chi connectivity index (χ1v) is 12.3. The van der Waals surface area contributed by atoms with Crippen LogP contribution in [0.15, 0.2) is 92.4 Å². The van der Waals surface area contributed by atoms with Gasteiger partial charge in [-0.3, -0.25) is 19.1 Å². The second-order valence-corrected chi connectivity index (χ2v) is 9.71. The van der Waals surface area contributed by atoms with E-state index in [9.17, 15) is 9.59 Å².